The van der Waals surface area contributed by atoms with Crippen LogP contribution in [0.5, 0.6) is 0 Å². The molecule has 1 atom stereocenters. The molecule has 2 rings (SSSR count). The van der Waals surface area contributed by atoms with Gasteiger partial charge in [0.2, 0.25) is 5.91 Å². The standard InChI is InChI=1S/C18H26ClN3O2.ClH/c1-11(2)8-16(23)21-13-6-7-15(19)14(9-13)17(24)22-18(3,10-20)12-4-5-12;/h6-7,9,11-12H,4-5,8,10,20H2,1-3H3,(H,21,23)(H,22,24);1H. The first-order chi connectivity index (χ1) is 11.2. The van der Waals surface area contributed by atoms with E-state index in [1.54, 1.807) is 18.2 Å². The Morgan fingerprint density at radius 3 is 2.52 bits per heavy atom. The van der Waals surface area contributed by atoms with E-state index in [1.807, 2.05) is 20.8 Å². The number of anilines is 1. The third kappa shape index (κ3) is 5.87. The highest BCUT2D eigenvalue weighted by Gasteiger charge is 2.41. The third-order valence-corrected chi connectivity index (χ3v) is 4.72. The quantitative estimate of drug-likeness (QED) is 0.667. The van der Waals surface area contributed by atoms with E-state index < -0.39 is 5.54 Å². The minimum Gasteiger partial charge on any atom is -0.345 e. The van der Waals surface area contributed by atoms with Crippen molar-refractivity contribution in [2.75, 3.05) is 11.9 Å². The van der Waals surface area contributed by atoms with Gasteiger partial charge in [0.25, 0.3) is 5.91 Å². The Balaban J connectivity index is 0.00000312. The number of halogens is 2. The van der Waals surface area contributed by atoms with E-state index in [0.29, 0.717) is 35.2 Å². The van der Waals surface area contributed by atoms with Gasteiger partial charge in [-0.1, -0.05) is 25.4 Å². The van der Waals surface area contributed by atoms with Gasteiger partial charge in [0, 0.05) is 18.7 Å². The summed E-state index contributed by atoms with van der Waals surface area (Å²) in [4.78, 5) is 24.5. The second kappa shape index (κ2) is 8.88. The average molecular weight is 388 g/mol. The van der Waals surface area contributed by atoms with Gasteiger partial charge in [0.05, 0.1) is 16.1 Å². The minimum absolute atomic E-state index is 0. The number of carbonyl (C=O) groups is 2. The molecule has 1 aliphatic rings. The van der Waals surface area contributed by atoms with Crippen LogP contribution in [0.1, 0.15) is 50.4 Å². The lowest BCUT2D eigenvalue weighted by atomic mass is 9.95. The van der Waals surface area contributed by atoms with Crippen molar-refractivity contribution in [1.82, 2.24) is 5.32 Å². The topological polar surface area (TPSA) is 84.2 Å². The summed E-state index contributed by atoms with van der Waals surface area (Å²) in [5, 5.41) is 6.17. The Morgan fingerprint density at radius 2 is 2.00 bits per heavy atom. The summed E-state index contributed by atoms with van der Waals surface area (Å²) in [6, 6.07) is 4.93. The molecule has 1 saturated carbocycles. The van der Waals surface area contributed by atoms with E-state index in [1.165, 1.54) is 0 Å². The highest BCUT2D eigenvalue weighted by molar-refractivity contribution is 6.34. The van der Waals surface area contributed by atoms with Crippen LogP contribution in [0.2, 0.25) is 5.02 Å². The zero-order valence-corrected chi connectivity index (χ0v) is 16.5. The molecule has 25 heavy (non-hydrogen) atoms. The maximum absolute atomic E-state index is 12.6. The molecule has 140 valence electrons. The van der Waals surface area contributed by atoms with Crippen LogP contribution in [0.25, 0.3) is 0 Å². The van der Waals surface area contributed by atoms with E-state index >= 15 is 0 Å². The molecular weight excluding hydrogens is 361 g/mol. The summed E-state index contributed by atoms with van der Waals surface area (Å²) in [5.74, 6) is 0.339. The van der Waals surface area contributed by atoms with E-state index in [9.17, 15) is 9.59 Å². The molecule has 0 spiro atoms. The number of amides is 2. The normalized spacial score (nSPS) is 15.9. The molecule has 2 amide bonds. The highest BCUT2D eigenvalue weighted by atomic mass is 35.5. The van der Waals surface area contributed by atoms with E-state index in [2.05, 4.69) is 10.6 Å². The fourth-order valence-electron chi connectivity index (χ4n) is 2.73. The molecule has 1 aliphatic carbocycles. The molecule has 0 radical (unpaired) electrons. The van der Waals surface area contributed by atoms with Crippen molar-refractivity contribution in [2.24, 2.45) is 17.6 Å². The van der Waals surface area contributed by atoms with Crippen LogP contribution in [-0.4, -0.2) is 23.9 Å². The van der Waals surface area contributed by atoms with Crippen molar-refractivity contribution in [3.05, 3.63) is 28.8 Å². The maximum atomic E-state index is 12.6. The first-order valence-electron chi connectivity index (χ1n) is 8.37. The summed E-state index contributed by atoms with van der Waals surface area (Å²) in [7, 11) is 0. The number of benzene rings is 1. The summed E-state index contributed by atoms with van der Waals surface area (Å²) in [6.07, 6.45) is 2.58. The van der Waals surface area contributed by atoms with Crippen LogP contribution >= 0.6 is 24.0 Å². The predicted molar refractivity (Wildman–Crippen MR) is 104 cm³/mol. The molecule has 0 saturated heterocycles. The smallest absolute Gasteiger partial charge is 0.253 e. The fraction of sp³-hybridized carbons (Fsp3) is 0.556. The summed E-state index contributed by atoms with van der Waals surface area (Å²) in [5.41, 5.74) is 6.34. The van der Waals surface area contributed by atoms with Gasteiger partial charge >= 0.3 is 0 Å². The summed E-state index contributed by atoms with van der Waals surface area (Å²) < 4.78 is 0. The molecule has 1 fully saturated rings. The van der Waals surface area contributed by atoms with E-state index in [-0.39, 0.29) is 30.1 Å². The number of carbonyl (C=O) groups excluding carboxylic acids is 2. The average Bonchev–Trinajstić information content (AvgIpc) is 3.33. The zero-order chi connectivity index (χ0) is 17.9. The van der Waals surface area contributed by atoms with Gasteiger partial charge in [-0.2, -0.15) is 0 Å². The monoisotopic (exact) mass is 387 g/mol. The first kappa shape index (κ1) is 21.7. The zero-order valence-electron chi connectivity index (χ0n) is 14.9. The van der Waals surface area contributed by atoms with Crippen LogP contribution in [0, 0.1) is 11.8 Å². The molecule has 5 nitrogen and oxygen atoms in total. The fourth-order valence-corrected chi connectivity index (χ4v) is 2.93. The molecule has 1 aromatic carbocycles. The summed E-state index contributed by atoms with van der Waals surface area (Å²) in [6.45, 7) is 6.30. The Bertz CT molecular complexity index is 633. The minimum atomic E-state index is -0.419. The predicted octanol–water partition coefficient (Wildman–Crippen LogP) is 3.60. The van der Waals surface area contributed by atoms with E-state index in [0.717, 1.165) is 12.8 Å². The highest BCUT2D eigenvalue weighted by Crippen LogP contribution is 2.39. The van der Waals surface area contributed by atoms with Gasteiger partial charge in [-0.05, 0) is 49.8 Å². The van der Waals surface area contributed by atoms with Gasteiger partial charge in [-0.25, -0.2) is 0 Å². The van der Waals surface area contributed by atoms with Crippen LogP contribution in [0.3, 0.4) is 0 Å². The van der Waals surface area contributed by atoms with Gasteiger partial charge < -0.3 is 16.4 Å². The lowest BCUT2D eigenvalue weighted by Crippen LogP contribution is -2.53. The molecule has 0 aromatic heterocycles. The van der Waals surface area contributed by atoms with Crippen LogP contribution in [-0.2, 0) is 4.79 Å². The lowest BCUT2D eigenvalue weighted by molar-refractivity contribution is -0.116. The lowest BCUT2D eigenvalue weighted by Gasteiger charge is -2.29. The number of nitrogens with one attached hydrogen (secondary N) is 2. The molecule has 4 N–H and O–H groups in total. The Kier molecular flexibility index (Phi) is 7.72. The van der Waals surface area contributed by atoms with Crippen molar-refractivity contribution in [3.8, 4) is 0 Å². The van der Waals surface area contributed by atoms with Crippen molar-refractivity contribution in [3.63, 3.8) is 0 Å². The van der Waals surface area contributed by atoms with Gasteiger partial charge in [-0.3, -0.25) is 9.59 Å². The molecule has 0 bridgehead atoms. The SMILES string of the molecule is CC(C)CC(=O)Nc1ccc(Cl)c(C(=O)NC(C)(CN)C2CC2)c1.Cl. The number of hydrogen-bond donors (Lipinski definition) is 3. The number of hydrogen-bond acceptors (Lipinski definition) is 3. The molecule has 0 aliphatic heterocycles. The van der Waals surface area contributed by atoms with Crippen molar-refractivity contribution >= 4 is 41.5 Å². The number of nitrogens with two attached hydrogens (primary N) is 1. The van der Waals surface area contributed by atoms with E-state index in [4.69, 9.17) is 17.3 Å². The molecule has 0 heterocycles. The Hall–Kier alpha value is -1.30. The number of rotatable bonds is 7. The third-order valence-electron chi connectivity index (χ3n) is 4.39. The summed E-state index contributed by atoms with van der Waals surface area (Å²) >= 11 is 6.17. The van der Waals surface area contributed by atoms with Gasteiger partial charge in [-0.15, -0.1) is 12.4 Å². The largest absolute Gasteiger partial charge is 0.345 e. The van der Waals surface area contributed by atoms with Crippen molar-refractivity contribution < 1.29 is 9.59 Å². The van der Waals surface area contributed by atoms with Crippen molar-refractivity contribution in [1.29, 1.82) is 0 Å². The van der Waals surface area contributed by atoms with Gasteiger partial charge in [0.1, 0.15) is 0 Å². The Morgan fingerprint density at radius 1 is 1.36 bits per heavy atom. The maximum Gasteiger partial charge on any atom is 0.253 e. The molecule has 7 heteroatoms. The Labute approximate surface area is 160 Å². The second-order valence-corrected chi connectivity index (χ2v) is 7.60. The van der Waals surface area contributed by atoms with Gasteiger partial charge in [0.15, 0.2) is 0 Å². The van der Waals surface area contributed by atoms with Crippen LogP contribution in [0.15, 0.2) is 18.2 Å². The second-order valence-electron chi connectivity index (χ2n) is 7.19. The first-order valence-corrected chi connectivity index (χ1v) is 8.75. The molecule has 1 aromatic rings. The van der Waals surface area contributed by atoms with Crippen LogP contribution < -0.4 is 16.4 Å². The molecular formula is C18H27Cl2N3O2. The van der Waals surface area contributed by atoms with Crippen molar-refractivity contribution in [2.45, 2.75) is 45.6 Å². The molecule has 1 unspecified atom stereocenters. The van der Waals surface area contributed by atoms with Crippen LogP contribution in [0.4, 0.5) is 5.69 Å².